The molecule has 0 bridgehead atoms. The molecule has 0 aliphatic carbocycles. The maximum atomic E-state index is 12.0. The average Bonchev–Trinajstić information content (AvgIpc) is 2.48. The molecule has 13 heavy (non-hydrogen) atoms. The van der Waals surface area contributed by atoms with E-state index in [-0.39, 0.29) is 4.75 Å². The zero-order valence-corrected chi connectivity index (χ0v) is 9.56. The van der Waals surface area contributed by atoms with Crippen molar-refractivity contribution >= 4 is 11.0 Å². The molecule has 0 aromatic rings. The summed E-state index contributed by atoms with van der Waals surface area (Å²) in [6.45, 7) is 10.8. The minimum atomic E-state index is -0.881. The van der Waals surface area contributed by atoms with Crippen molar-refractivity contribution in [1.29, 1.82) is 0 Å². The highest BCUT2D eigenvalue weighted by Gasteiger charge is 2.32. The van der Waals surface area contributed by atoms with Crippen LogP contribution in [0.1, 0.15) is 33.6 Å². The van der Waals surface area contributed by atoms with Gasteiger partial charge >= 0.3 is 0 Å². The maximum Gasteiger partial charge on any atom is 0.100 e. The maximum absolute atomic E-state index is 12.0. The van der Waals surface area contributed by atoms with Crippen molar-refractivity contribution in [3.63, 3.8) is 0 Å². The molecule has 1 saturated heterocycles. The summed E-state index contributed by atoms with van der Waals surface area (Å²) in [6.07, 6.45) is 4.15. The monoisotopic (exact) mass is 201 g/mol. The third kappa shape index (κ3) is 2.41. The number of rotatable bonds is 2. The van der Waals surface area contributed by atoms with Gasteiger partial charge in [-0.1, -0.05) is 6.08 Å². The Labute approximate surface area is 83.6 Å². The fourth-order valence-corrected chi connectivity index (χ4v) is 3.00. The van der Waals surface area contributed by atoms with Crippen LogP contribution < -0.4 is 0 Å². The van der Waals surface area contributed by atoms with Gasteiger partial charge in [0, 0.05) is 12.6 Å². The molecule has 1 aliphatic heterocycles. The highest BCUT2D eigenvalue weighted by Crippen LogP contribution is 2.25. The summed E-state index contributed by atoms with van der Waals surface area (Å²) in [6, 6.07) is 0.319. The highest BCUT2D eigenvalue weighted by molar-refractivity contribution is 7.84. The molecular formula is C10H19NOS. The minimum absolute atomic E-state index is 0.147. The summed E-state index contributed by atoms with van der Waals surface area (Å²) in [4.78, 5) is 0. The first-order valence-electron chi connectivity index (χ1n) is 4.78. The predicted molar refractivity (Wildman–Crippen MR) is 57.8 cm³/mol. The first kappa shape index (κ1) is 10.9. The van der Waals surface area contributed by atoms with E-state index in [9.17, 15) is 4.21 Å². The SMILES string of the molecule is C=C[C@@H]1CCCN1[S@@](=O)C(C)(C)C. The summed E-state index contributed by atoms with van der Waals surface area (Å²) in [5.41, 5.74) is 0. The Kier molecular flexibility index (Phi) is 3.30. The molecule has 0 spiro atoms. The van der Waals surface area contributed by atoms with E-state index >= 15 is 0 Å². The quantitative estimate of drug-likeness (QED) is 0.627. The molecule has 2 nitrogen and oxygen atoms in total. The van der Waals surface area contributed by atoms with E-state index in [1.54, 1.807) is 0 Å². The Balaban J connectivity index is 2.71. The molecule has 0 N–H and O–H groups in total. The molecule has 0 radical (unpaired) electrons. The fourth-order valence-electron chi connectivity index (χ4n) is 1.56. The minimum Gasteiger partial charge on any atom is -0.242 e. The lowest BCUT2D eigenvalue weighted by Gasteiger charge is -2.28. The Morgan fingerprint density at radius 3 is 2.62 bits per heavy atom. The van der Waals surface area contributed by atoms with Crippen molar-refractivity contribution in [1.82, 2.24) is 4.31 Å². The van der Waals surface area contributed by atoms with Gasteiger partial charge in [0.2, 0.25) is 0 Å². The first-order chi connectivity index (χ1) is 5.96. The third-order valence-electron chi connectivity index (χ3n) is 2.26. The van der Waals surface area contributed by atoms with Crippen LogP contribution in [-0.2, 0) is 11.0 Å². The Morgan fingerprint density at radius 2 is 2.15 bits per heavy atom. The lowest BCUT2D eigenvalue weighted by Crippen LogP contribution is -2.39. The van der Waals surface area contributed by atoms with Gasteiger partial charge < -0.3 is 0 Å². The van der Waals surface area contributed by atoms with Crippen LogP contribution in [-0.4, -0.2) is 25.8 Å². The van der Waals surface area contributed by atoms with Crippen LogP contribution in [0.4, 0.5) is 0 Å². The van der Waals surface area contributed by atoms with Crippen LogP contribution in [0.2, 0.25) is 0 Å². The molecular weight excluding hydrogens is 182 g/mol. The van der Waals surface area contributed by atoms with Gasteiger partial charge in [0.1, 0.15) is 11.0 Å². The summed E-state index contributed by atoms with van der Waals surface area (Å²) < 4.78 is 13.9. The van der Waals surface area contributed by atoms with E-state index < -0.39 is 11.0 Å². The molecule has 1 heterocycles. The normalized spacial score (nSPS) is 27.5. The van der Waals surface area contributed by atoms with Crippen LogP contribution in [0.5, 0.6) is 0 Å². The molecule has 0 amide bonds. The average molecular weight is 201 g/mol. The molecule has 0 aromatic carbocycles. The van der Waals surface area contributed by atoms with Crippen molar-refractivity contribution in [3.8, 4) is 0 Å². The van der Waals surface area contributed by atoms with Crippen LogP contribution in [0.25, 0.3) is 0 Å². The highest BCUT2D eigenvalue weighted by atomic mass is 32.2. The third-order valence-corrected chi connectivity index (χ3v) is 4.18. The van der Waals surface area contributed by atoms with Crippen molar-refractivity contribution in [2.45, 2.75) is 44.4 Å². The fraction of sp³-hybridized carbons (Fsp3) is 0.800. The van der Waals surface area contributed by atoms with E-state index in [0.717, 1.165) is 19.4 Å². The zero-order valence-electron chi connectivity index (χ0n) is 8.75. The second-order valence-electron chi connectivity index (χ2n) is 4.45. The van der Waals surface area contributed by atoms with Gasteiger partial charge in [-0.05, 0) is 33.6 Å². The molecule has 1 aliphatic rings. The molecule has 1 fully saturated rings. The van der Waals surface area contributed by atoms with Crippen LogP contribution in [0, 0.1) is 0 Å². The summed E-state index contributed by atoms with van der Waals surface area (Å²) >= 11 is 0. The molecule has 1 rings (SSSR count). The van der Waals surface area contributed by atoms with Gasteiger partial charge in [0.05, 0.1) is 4.75 Å². The molecule has 76 valence electrons. The first-order valence-corrected chi connectivity index (χ1v) is 5.88. The van der Waals surface area contributed by atoms with Crippen molar-refractivity contribution < 1.29 is 4.21 Å². The zero-order chi connectivity index (χ0) is 10.1. The van der Waals surface area contributed by atoms with Crippen molar-refractivity contribution in [2.24, 2.45) is 0 Å². The van der Waals surface area contributed by atoms with Gasteiger partial charge in [-0.2, -0.15) is 0 Å². The summed E-state index contributed by atoms with van der Waals surface area (Å²) in [7, 11) is -0.881. The summed E-state index contributed by atoms with van der Waals surface area (Å²) in [5, 5.41) is 0. The Bertz CT molecular complexity index is 219. The van der Waals surface area contributed by atoms with Crippen LogP contribution >= 0.6 is 0 Å². The van der Waals surface area contributed by atoms with Gasteiger partial charge in [-0.3, -0.25) is 0 Å². The molecule has 2 atom stereocenters. The topological polar surface area (TPSA) is 20.3 Å². The largest absolute Gasteiger partial charge is 0.242 e. The van der Waals surface area contributed by atoms with E-state index in [2.05, 4.69) is 10.9 Å². The standard InChI is InChI=1S/C10H19NOS/c1-5-9-7-6-8-11(9)13(12)10(2,3)4/h5,9H,1,6-8H2,2-4H3/t9-,13+/m1/s1. The Hall–Kier alpha value is -0.150. The van der Waals surface area contributed by atoms with E-state index in [4.69, 9.17) is 0 Å². The number of hydrogen-bond donors (Lipinski definition) is 0. The smallest absolute Gasteiger partial charge is 0.100 e. The van der Waals surface area contributed by atoms with Crippen molar-refractivity contribution in [2.75, 3.05) is 6.54 Å². The van der Waals surface area contributed by atoms with Crippen molar-refractivity contribution in [3.05, 3.63) is 12.7 Å². The second kappa shape index (κ2) is 3.93. The van der Waals surface area contributed by atoms with Gasteiger partial charge in [0.15, 0.2) is 0 Å². The van der Waals surface area contributed by atoms with Gasteiger partial charge in [-0.25, -0.2) is 8.51 Å². The van der Waals surface area contributed by atoms with E-state index in [0.29, 0.717) is 6.04 Å². The lowest BCUT2D eigenvalue weighted by molar-refractivity contribution is 0.457. The summed E-state index contributed by atoms with van der Waals surface area (Å²) in [5.74, 6) is 0. The number of hydrogen-bond acceptors (Lipinski definition) is 1. The lowest BCUT2D eigenvalue weighted by atomic mass is 10.2. The molecule has 0 saturated carbocycles. The molecule has 0 unspecified atom stereocenters. The van der Waals surface area contributed by atoms with Crippen LogP contribution in [0.3, 0.4) is 0 Å². The predicted octanol–water partition coefficient (Wildman–Crippen LogP) is 2.10. The van der Waals surface area contributed by atoms with Gasteiger partial charge in [-0.15, -0.1) is 6.58 Å². The van der Waals surface area contributed by atoms with E-state index in [1.807, 2.05) is 26.8 Å². The molecule has 0 aromatic heterocycles. The Morgan fingerprint density at radius 1 is 1.54 bits per heavy atom. The van der Waals surface area contributed by atoms with Crippen LogP contribution in [0.15, 0.2) is 12.7 Å². The van der Waals surface area contributed by atoms with E-state index in [1.165, 1.54) is 0 Å². The number of nitrogens with zero attached hydrogens (tertiary/aromatic N) is 1. The van der Waals surface area contributed by atoms with Gasteiger partial charge in [0.25, 0.3) is 0 Å². The second-order valence-corrected chi connectivity index (χ2v) is 6.64. The molecule has 3 heteroatoms.